The second-order valence-electron chi connectivity index (χ2n) is 5.75. The summed E-state index contributed by atoms with van der Waals surface area (Å²) in [5, 5.41) is 2.33. The molecule has 1 aliphatic heterocycles. The lowest BCUT2D eigenvalue weighted by Crippen LogP contribution is -2.31. The van der Waals surface area contributed by atoms with Crippen molar-refractivity contribution in [3.63, 3.8) is 0 Å². The third-order valence-electron chi connectivity index (χ3n) is 3.53. The number of thioether (sulfide) groups is 1. The molecule has 1 aliphatic rings. The van der Waals surface area contributed by atoms with Crippen LogP contribution in [0, 0.1) is 5.92 Å². The Morgan fingerprint density at radius 2 is 1.91 bits per heavy atom. The van der Waals surface area contributed by atoms with Crippen LogP contribution < -0.4 is 0 Å². The van der Waals surface area contributed by atoms with Gasteiger partial charge < -0.3 is 0 Å². The Balaban J connectivity index is 1.98. The second kappa shape index (κ2) is 6.23. The summed E-state index contributed by atoms with van der Waals surface area (Å²) >= 11 is 6.75. The minimum Gasteiger partial charge on any atom is -0.293 e. The predicted octanol–water partition coefficient (Wildman–Crippen LogP) is 4.70. The molecule has 2 aromatic carbocycles. The number of amides is 1. The second-order valence-corrected chi connectivity index (χ2v) is 7.43. The predicted molar refractivity (Wildman–Crippen MR) is 98.7 cm³/mol. The van der Waals surface area contributed by atoms with Gasteiger partial charge in [0.2, 0.25) is 0 Å². The van der Waals surface area contributed by atoms with E-state index >= 15 is 0 Å². The van der Waals surface area contributed by atoms with Crippen LogP contribution in [0.15, 0.2) is 47.4 Å². The summed E-state index contributed by atoms with van der Waals surface area (Å²) in [5.41, 5.74) is 1.06. The Labute approximate surface area is 140 Å². The van der Waals surface area contributed by atoms with Gasteiger partial charge in [-0.3, -0.25) is 9.69 Å². The van der Waals surface area contributed by atoms with Crippen molar-refractivity contribution in [1.82, 2.24) is 4.90 Å². The molecule has 0 aromatic heterocycles. The van der Waals surface area contributed by atoms with E-state index in [0.717, 1.165) is 10.9 Å². The van der Waals surface area contributed by atoms with Crippen LogP contribution in [0.25, 0.3) is 16.8 Å². The van der Waals surface area contributed by atoms with E-state index in [0.29, 0.717) is 21.7 Å². The number of carbonyl (C=O) groups excluding carboxylic acids is 1. The molecule has 0 unspecified atom stereocenters. The number of nitrogens with zero attached hydrogens (tertiary/aromatic N) is 1. The maximum Gasteiger partial charge on any atom is 0.266 e. The van der Waals surface area contributed by atoms with Crippen LogP contribution in [0.1, 0.15) is 19.4 Å². The molecule has 1 fully saturated rings. The number of hydrogen-bond donors (Lipinski definition) is 0. The largest absolute Gasteiger partial charge is 0.293 e. The van der Waals surface area contributed by atoms with Gasteiger partial charge in [-0.05, 0) is 28.3 Å². The average molecular weight is 327 g/mol. The van der Waals surface area contributed by atoms with Crippen LogP contribution >= 0.6 is 24.0 Å². The molecule has 1 amide bonds. The third-order valence-corrected chi connectivity index (χ3v) is 4.91. The molecule has 2 nitrogen and oxygen atoms in total. The van der Waals surface area contributed by atoms with Crippen molar-refractivity contribution >= 4 is 51.1 Å². The van der Waals surface area contributed by atoms with Gasteiger partial charge in [0.15, 0.2) is 0 Å². The van der Waals surface area contributed by atoms with Crippen molar-refractivity contribution in [3.05, 3.63) is 52.9 Å². The topological polar surface area (TPSA) is 20.3 Å². The fourth-order valence-electron chi connectivity index (χ4n) is 2.54. The molecular formula is C18H17NOS2. The number of hydrogen-bond acceptors (Lipinski definition) is 3. The van der Waals surface area contributed by atoms with E-state index in [9.17, 15) is 4.79 Å². The first-order valence-electron chi connectivity index (χ1n) is 7.29. The molecular weight excluding hydrogens is 310 g/mol. The van der Waals surface area contributed by atoms with Crippen LogP contribution in [-0.2, 0) is 4.79 Å². The summed E-state index contributed by atoms with van der Waals surface area (Å²) in [6.45, 7) is 4.86. The molecule has 22 heavy (non-hydrogen) atoms. The molecule has 0 atom stereocenters. The molecule has 0 N–H and O–H groups in total. The van der Waals surface area contributed by atoms with Crippen LogP contribution in [0.4, 0.5) is 0 Å². The van der Waals surface area contributed by atoms with Crippen molar-refractivity contribution in [2.45, 2.75) is 13.8 Å². The van der Waals surface area contributed by atoms with Crippen LogP contribution in [0.2, 0.25) is 0 Å². The summed E-state index contributed by atoms with van der Waals surface area (Å²) < 4.78 is 0.658. The highest BCUT2D eigenvalue weighted by atomic mass is 32.2. The Bertz CT molecular complexity index is 774. The van der Waals surface area contributed by atoms with E-state index in [4.69, 9.17) is 12.2 Å². The van der Waals surface area contributed by atoms with Crippen molar-refractivity contribution < 1.29 is 4.79 Å². The van der Waals surface area contributed by atoms with E-state index in [1.54, 1.807) is 4.90 Å². The van der Waals surface area contributed by atoms with Crippen molar-refractivity contribution in [1.29, 1.82) is 0 Å². The zero-order valence-corrected chi connectivity index (χ0v) is 14.2. The summed E-state index contributed by atoms with van der Waals surface area (Å²) in [4.78, 5) is 15.0. The summed E-state index contributed by atoms with van der Waals surface area (Å²) in [6.07, 6.45) is 1.96. The summed E-state index contributed by atoms with van der Waals surface area (Å²) in [7, 11) is 0. The summed E-state index contributed by atoms with van der Waals surface area (Å²) in [6, 6.07) is 14.3. The lowest BCUT2D eigenvalue weighted by Gasteiger charge is -2.16. The van der Waals surface area contributed by atoms with Gasteiger partial charge in [0, 0.05) is 6.54 Å². The third kappa shape index (κ3) is 2.94. The van der Waals surface area contributed by atoms with Crippen LogP contribution in [0.5, 0.6) is 0 Å². The zero-order valence-electron chi connectivity index (χ0n) is 12.6. The van der Waals surface area contributed by atoms with E-state index in [1.165, 1.54) is 17.1 Å². The number of carbonyl (C=O) groups is 1. The van der Waals surface area contributed by atoms with Gasteiger partial charge in [0.05, 0.1) is 4.91 Å². The number of rotatable bonds is 3. The lowest BCUT2D eigenvalue weighted by atomic mass is 10.0. The normalized spacial score (nSPS) is 17.2. The summed E-state index contributed by atoms with van der Waals surface area (Å²) in [5.74, 6) is 0.427. The van der Waals surface area contributed by atoms with E-state index in [1.807, 2.05) is 30.3 Å². The fraction of sp³-hybridized carbons (Fsp3) is 0.222. The number of fused-ring (bicyclic) bond motifs is 1. The first-order valence-corrected chi connectivity index (χ1v) is 8.52. The van der Waals surface area contributed by atoms with Crippen molar-refractivity contribution in [2.24, 2.45) is 5.92 Å². The monoisotopic (exact) mass is 327 g/mol. The molecule has 2 aromatic rings. The highest BCUT2D eigenvalue weighted by molar-refractivity contribution is 8.26. The molecule has 3 rings (SSSR count). The van der Waals surface area contributed by atoms with E-state index in [2.05, 4.69) is 32.0 Å². The van der Waals surface area contributed by atoms with E-state index in [-0.39, 0.29) is 5.91 Å². The molecule has 1 saturated heterocycles. The van der Waals surface area contributed by atoms with Crippen LogP contribution in [-0.4, -0.2) is 21.7 Å². The minimum absolute atomic E-state index is 0.0247. The molecule has 0 saturated carbocycles. The Morgan fingerprint density at radius 1 is 1.18 bits per heavy atom. The van der Waals surface area contributed by atoms with Gasteiger partial charge in [0.25, 0.3) is 5.91 Å². The van der Waals surface area contributed by atoms with Gasteiger partial charge in [-0.15, -0.1) is 0 Å². The van der Waals surface area contributed by atoms with Crippen molar-refractivity contribution in [2.75, 3.05) is 6.54 Å². The molecule has 112 valence electrons. The van der Waals surface area contributed by atoms with Crippen molar-refractivity contribution in [3.8, 4) is 0 Å². The molecule has 0 bridgehead atoms. The first-order chi connectivity index (χ1) is 10.6. The lowest BCUT2D eigenvalue weighted by molar-refractivity contribution is -0.122. The molecule has 1 heterocycles. The molecule has 0 radical (unpaired) electrons. The van der Waals surface area contributed by atoms with Gasteiger partial charge in [0.1, 0.15) is 4.32 Å². The Morgan fingerprint density at radius 3 is 2.68 bits per heavy atom. The zero-order chi connectivity index (χ0) is 15.7. The first kappa shape index (κ1) is 15.3. The van der Waals surface area contributed by atoms with Gasteiger partial charge in [-0.25, -0.2) is 0 Å². The van der Waals surface area contributed by atoms with Crippen LogP contribution in [0.3, 0.4) is 0 Å². The quantitative estimate of drug-likeness (QED) is 0.602. The Hall–Kier alpha value is -1.65. The maximum absolute atomic E-state index is 12.5. The van der Waals surface area contributed by atoms with Gasteiger partial charge in [-0.1, -0.05) is 80.3 Å². The maximum atomic E-state index is 12.5. The Kier molecular flexibility index (Phi) is 4.32. The molecule has 0 aliphatic carbocycles. The average Bonchev–Trinajstić information content (AvgIpc) is 2.75. The smallest absolute Gasteiger partial charge is 0.266 e. The highest BCUT2D eigenvalue weighted by Gasteiger charge is 2.32. The minimum atomic E-state index is 0.0247. The van der Waals surface area contributed by atoms with Gasteiger partial charge >= 0.3 is 0 Å². The van der Waals surface area contributed by atoms with Gasteiger partial charge in [-0.2, -0.15) is 0 Å². The van der Waals surface area contributed by atoms with E-state index < -0.39 is 0 Å². The highest BCUT2D eigenvalue weighted by Crippen LogP contribution is 2.34. The number of thiocarbonyl (C=S) groups is 1. The number of benzene rings is 2. The SMILES string of the molecule is CC(C)CN1C(=O)/C(=C\c2cccc3ccccc23)SC1=S. The molecule has 4 heteroatoms. The molecule has 0 spiro atoms. The fourth-order valence-corrected chi connectivity index (χ4v) is 3.81. The standard InChI is InChI=1S/C18H17NOS2/c1-12(2)11-19-17(20)16(22-18(19)21)10-14-8-5-7-13-6-3-4-9-15(13)14/h3-10,12H,11H2,1-2H3/b16-10+.